The zero-order valence-electron chi connectivity index (χ0n) is 9.80. The van der Waals surface area contributed by atoms with Gasteiger partial charge in [0.05, 0.1) is 0 Å². The summed E-state index contributed by atoms with van der Waals surface area (Å²) in [6.07, 6.45) is 0.0491. The Kier molecular flexibility index (Phi) is 5.31. The molecule has 1 aromatic heterocycles. The Balaban J connectivity index is 2.24. The zero-order valence-corrected chi connectivity index (χ0v) is 10.6. The third-order valence-electron chi connectivity index (χ3n) is 2.17. The number of thiophene rings is 1. The van der Waals surface area contributed by atoms with Crippen molar-refractivity contribution in [3.63, 3.8) is 0 Å². The van der Waals surface area contributed by atoms with Gasteiger partial charge in [0.25, 0.3) is 5.91 Å². The predicted molar refractivity (Wildman–Crippen MR) is 66.5 cm³/mol. The van der Waals surface area contributed by atoms with Gasteiger partial charge in [0.15, 0.2) is 0 Å². The highest BCUT2D eigenvalue weighted by Crippen LogP contribution is 2.04. The number of carbonyl (C=O) groups is 3. The molecule has 0 bridgehead atoms. The lowest BCUT2D eigenvalue weighted by molar-refractivity contribution is -0.141. The van der Waals surface area contributed by atoms with E-state index in [1.165, 1.54) is 18.3 Å². The van der Waals surface area contributed by atoms with Gasteiger partial charge in [0.1, 0.15) is 6.04 Å². The Morgan fingerprint density at radius 3 is 2.72 bits per heavy atom. The van der Waals surface area contributed by atoms with E-state index in [1.807, 2.05) is 0 Å². The van der Waals surface area contributed by atoms with Crippen LogP contribution < -0.4 is 10.6 Å². The van der Waals surface area contributed by atoms with Crippen LogP contribution in [0, 0.1) is 0 Å². The number of amides is 2. The summed E-state index contributed by atoms with van der Waals surface area (Å²) < 4.78 is 0. The van der Waals surface area contributed by atoms with E-state index in [2.05, 4.69) is 10.6 Å². The van der Waals surface area contributed by atoms with E-state index in [0.717, 1.165) is 0 Å². The van der Waals surface area contributed by atoms with Gasteiger partial charge < -0.3 is 15.7 Å². The molecule has 6 nitrogen and oxygen atoms in total. The number of carbonyl (C=O) groups excluding carboxylic acids is 2. The first-order valence-corrected chi connectivity index (χ1v) is 6.27. The van der Waals surface area contributed by atoms with Gasteiger partial charge in [0, 0.05) is 23.9 Å². The molecule has 7 heteroatoms. The van der Waals surface area contributed by atoms with Crippen molar-refractivity contribution in [2.24, 2.45) is 0 Å². The summed E-state index contributed by atoms with van der Waals surface area (Å²) in [7, 11) is 0. The van der Waals surface area contributed by atoms with E-state index in [-0.39, 0.29) is 18.9 Å². The second-order valence-electron chi connectivity index (χ2n) is 3.65. The van der Waals surface area contributed by atoms with Crippen molar-refractivity contribution >= 4 is 29.1 Å². The van der Waals surface area contributed by atoms with Gasteiger partial charge in [-0.15, -0.1) is 0 Å². The number of nitrogens with one attached hydrogen (secondary N) is 2. The summed E-state index contributed by atoms with van der Waals surface area (Å²) in [4.78, 5) is 33.3. The van der Waals surface area contributed by atoms with E-state index in [9.17, 15) is 14.4 Å². The average molecular weight is 270 g/mol. The highest BCUT2D eigenvalue weighted by atomic mass is 32.1. The molecule has 2 amide bonds. The molecule has 1 aromatic rings. The minimum absolute atomic E-state index is 0.0491. The van der Waals surface area contributed by atoms with Crippen LogP contribution in [0.3, 0.4) is 0 Å². The number of carboxylic acid groups (broad SMARTS) is 1. The van der Waals surface area contributed by atoms with Crippen LogP contribution >= 0.6 is 11.3 Å². The molecular formula is C11H14N2O4S. The largest absolute Gasteiger partial charge is 0.480 e. The van der Waals surface area contributed by atoms with E-state index in [4.69, 9.17) is 5.11 Å². The molecule has 1 atom stereocenters. The fourth-order valence-electron chi connectivity index (χ4n) is 1.16. The number of aliphatic carboxylic acids is 1. The summed E-state index contributed by atoms with van der Waals surface area (Å²) in [6.45, 7) is 1.55. The summed E-state index contributed by atoms with van der Waals surface area (Å²) in [5.41, 5.74) is 0.555. The predicted octanol–water partition coefficient (Wildman–Crippen LogP) is 0.457. The summed E-state index contributed by atoms with van der Waals surface area (Å²) in [6, 6.07) is 0.761. The van der Waals surface area contributed by atoms with Gasteiger partial charge in [-0.1, -0.05) is 0 Å². The van der Waals surface area contributed by atoms with Crippen molar-refractivity contribution in [1.82, 2.24) is 10.6 Å². The van der Waals surface area contributed by atoms with E-state index in [0.29, 0.717) is 5.56 Å². The SMILES string of the molecule is CC(NC(=O)CCNC(=O)c1ccsc1)C(=O)O. The van der Waals surface area contributed by atoms with Gasteiger partial charge in [0.2, 0.25) is 5.91 Å². The third-order valence-corrected chi connectivity index (χ3v) is 2.85. The molecule has 0 aliphatic carbocycles. The van der Waals surface area contributed by atoms with Crippen molar-refractivity contribution in [3.05, 3.63) is 22.4 Å². The molecular weight excluding hydrogens is 256 g/mol. The lowest BCUT2D eigenvalue weighted by Gasteiger charge is -2.09. The standard InChI is InChI=1S/C11H14N2O4S/c1-7(11(16)17)13-9(14)2-4-12-10(15)8-3-5-18-6-8/h3,5-7H,2,4H2,1H3,(H,12,15)(H,13,14)(H,16,17). The first-order chi connectivity index (χ1) is 8.50. The normalized spacial score (nSPS) is 11.6. The van der Waals surface area contributed by atoms with Crippen LogP contribution in [0.1, 0.15) is 23.7 Å². The Morgan fingerprint density at radius 1 is 1.44 bits per heavy atom. The van der Waals surface area contributed by atoms with Crippen molar-refractivity contribution in [2.75, 3.05) is 6.54 Å². The minimum atomic E-state index is -1.09. The van der Waals surface area contributed by atoms with Crippen LogP contribution in [0.5, 0.6) is 0 Å². The lowest BCUT2D eigenvalue weighted by atomic mass is 10.3. The van der Waals surface area contributed by atoms with Crippen LogP contribution in [0.15, 0.2) is 16.8 Å². The zero-order chi connectivity index (χ0) is 13.5. The maximum absolute atomic E-state index is 11.5. The monoisotopic (exact) mass is 270 g/mol. The number of rotatable bonds is 6. The molecule has 0 radical (unpaired) electrons. The maximum Gasteiger partial charge on any atom is 0.325 e. The summed E-state index contributed by atoms with van der Waals surface area (Å²) >= 11 is 1.41. The molecule has 0 fully saturated rings. The van der Waals surface area contributed by atoms with Gasteiger partial charge in [-0.3, -0.25) is 14.4 Å². The fraction of sp³-hybridized carbons (Fsp3) is 0.364. The first kappa shape index (κ1) is 14.2. The molecule has 1 unspecified atom stereocenters. The molecule has 1 rings (SSSR count). The molecule has 0 aliphatic heterocycles. The molecule has 0 saturated carbocycles. The summed E-state index contributed by atoms with van der Waals surface area (Å²) in [5, 5.41) is 17.0. The quantitative estimate of drug-likeness (QED) is 0.699. The van der Waals surface area contributed by atoms with Crippen molar-refractivity contribution in [3.8, 4) is 0 Å². The average Bonchev–Trinajstić information content (AvgIpc) is 2.81. The molecule has 0 spiro atoms. The van der Waals surface area contributed by atoms with Gasteiger partial charge in [-0.25, -0.2) is 0 Å². The van der Waals surface area contributed by atoms with Gasteiger partial charge >= 0.3 is 5.97 Å². The minimum Gasteiger partial charge on any atom is -0.480 e. The highest BCUT2D eigenvalue weighted by molar-refractivity contribution is 7.08. The Hall–Kier alpha value is -1.89. The smallest absolute Gasteiger partial charge is 0.325 e. The number of hydrogen-bond acceptors (Lipinski definition) is 4. The van der Waals surface area contributed by atoms with Gasteiger partial charge in [-0.05, 0) is 18.4 Å². The van der Waals surface area contributed by atoms with Gasteiger partial charge in [-0.2, -0.15) is 11.3 Å². The molecule has 0 aromatic carbocycles. The fourth-order valence-corrected chi connectivity index (χ4v) is 1.80. The second kappa shape index (κ2) is 6.75. The van der Waals surface area contributed by atoms with Crippen molar-refractivity contribution < 1.29 is 19.5 Å². The second-order valence-corrected chi connectivity index (χ2v) is 4.43. The van der Waals surface area contributed by atoms with E-state index < -0.39 is 17.9 Å². The molecule has 18 heavy (non-hydrogen) atoms. The number of hydrogen-bond donors (Lipinski definition) is 3. The van der Waals surface area contributed by atoms with Crippen molar-refractivity contribution in [1.29, 1.82) is 0 Å². The lowest BCUT2D eigenvalue weighted by Crippen LogP contribution is -2.39. The Labute approximate surface area is 108 Å². The molecule has 0 aliphatic rings. The maximum atomic E-state index is 11.5. The van der Waals surface area contributed by atoms with E-state index >= 15 is 0 Å². The topological polar surface area (TPSA) is 95.5 Å². The molecule has 1 heterocycles. The molecule has 3 N–H and O–H groups in total. The van der Waals surface area contributed by atoms with Crippen LogP contribution in [0.4, 0.5) is 0 Å². The van der Waals surface area contributed by atoms with E-state index in [1.54, 1.807) is 16.8 Å². The first-order valence-electron chi connectivity index (χ1n) is 5.33. The molecule has 98 valence electrons. The third kappa shape index (κ3) is 4.54. The van der Waals surface area contributed by atoms with Crippen LogP contribution in [0.2, 0.25) is 0 Å². The summed E-state index contributed by atoms with van der Waals surface area (Å²) in [5.74, 6) is -1.74. The molecule has 0 saturated heterocycles. The highest BCUT2D eigenvalue weighted by Gasteiger charge is 2.13. The Bertz CT molecular complexity index is 430. The Morgan fingerprint density at radius 2 is 2.17 bits per heavy atom. The van der Waals surface area contributed by atoms with Crippen LogP contribution in [-0.4, -0.2) is 35.5 Å². The van der Waals surface area contributed by atoms with Crippen LogP contribution in [-0.2, 0) is 9.59 Å². The van der Waals surface area contributed by atoms with Crippen LogP contribution in [0.25, 0.3) is 0 Å². The number of carboxylic acids is 1. The van der Waals surface area contributed by atoms with Crippen molar-refractivity contribution in [2.45, 2.75) is 19.4 Å².